The monoisotopic (exact) mass is 296 g/mol. The summed E-state index contributed by atoms with van der Waals surface area (Å²) in [6.07, 6.45) is 0. The van der Waals surface area contributed by atoms with Gasteiger partial charge in [0.25, 0.3) is 0 Å². The van der Waals surface area contributed by atoms with Crippen LogP contribution in [0.25, 0.3) is 0 Å². The van der Waals surface area contributed by atoms with Gasteiger partial charge in [-0.15, -0.1) is 0 Å². The largest absolute Gasteiger partial charge is 0.507 e. The number of carboxylic acids is 1. The van der Waals surface area contributed by atoms with E-state index in [-0.39, 0.29) is 29.0 Å². The molecule has 2 amide bonds. The lowest BCUT2D eigenvalue weighted by atomic mass is 10.1. The standard InChI is InChI=1S/C14H20N2O5/c1-8(2)11(7-21-3)16-14(20)15-9-4-5-12(17)10(6-9)13(18)19/h4-6,8,11,17H,7H2,1-3H3,(H,18,19)(H2,15,16,20). The van der Waals surface area contributed by atoms with E-state index >= 15 is 0 Å². The molecule has 0 saturated heterocycles. The number of benzene rings is 1. The van der Waals surface area contributed by atoms with E-state index < -0.39 is 12.0 Å². The first-order valence-electron chi connectivity index (χ1n) is 6.48. The highest BCUT2D eigenvalue weighted by Crippen LogP contribution is 2.21. The number of hydrogen-bond acceptors (Lipinski definition) is 4. The van der Waals surface area contributed by atoms with E-state index in [1.807, 2.05) is 13.8 Å². The van der Waals surface area contributed by atoms with Crippen molar-refractivity contribution in [2.75, 3.05) is 19.0 Å². The van der Waals surface area contributed by atoms with E-state index in [4.69, 9.17) is 9.84 Å². The van der Waals surface area contributed by atoms with Gasteiger partial charge >= 0.3 is 12.0 Å². The summed E-state index contributed by atoms with van der Waals surface area (Å²) in [5.41, 5.74) is 0.00715. The second kappa shape index (κ2) is 7.49. The molecule has 116 valence electrons. The van der Waals surface area contributed by atoms with Gasteiger partial charge in [0.15, 0.2) is 0 Å². The Labute approximate surface area is 122 Å². The minimum Gasteiger partial charge on any atom is -0.507 e. The van der Waals surface area contributed by atoms with Crippen molar-refractivity contribution in [2.24, 2.45) is 5.92 Å². The van der Waals surface area contributed by atoms with Gasteiger partial charge in [0, 0.05) is 12.8 Å². The maximum absolute atomic E-state index is 11.9. The van der Waals surface area contributed by atoms with Gasteiger partial charge in [0.2, 0.25) is 0 Å². The topological polar surface area (TPSA) is 108 Å². The lowest BCUT2D eigenvalue weighted by Gasteiger charge is -2.21. The number of rotatable bonds is 6. The maximum Gasteiger partial charge on any atom is 0.339 e. The zero-order valence-corrected chi connectivity index (χ0v) is 12.2. The van der Waals surface area contributed by atoms with Gasteiger partial charge in [-0.05, 0) is 24.1 Å². The summed E-state index contributed by atoms with van der Waals surface area (Å²) in [4.78, 5) is 22.8. The Morgan fingerprint density at radius 3 is 2.52 bits per heavy atom. The molecule has 0 heterocycles. The van der Waals surface area contributed by atoms with Crippen LogP contribution in [-0.4, -0.2) is 42.0 Å². The number of carboxylic acid groups (broad SMARTS) is 1. The Morgan fingerprint density at radius 1 is 1.33 bits per heavy atom. The molecule has 4 N–H and O–H groups in total. The first kappa shape index (κ1) is 16.8. The molecule has 1 atom stereocenters. The number of methoxy groups -OCH3 is 1. The molecule has 1 aromatic rings. The van der Waals surface area contributed by atoms with Crippen LogP contribution in [0.3, 0.4) is 0 Å². The highest BCUT2D eigenvalue weighted by Gasteiger charge is 2.17. The molecule has 1 aromatic carbocycles. The van der Waals surface area contributed by atoms with E-state index in [2.05, 4.69) is 10.6 Å². The number of carbonyl (C=O) groups is 2. The van der Waals surface area contributed by atoms with Crippen molar-refractivity contribution < 1.29 is 24.5 Å². The number of hydrogen-bond donors (Lipinski definition) is 4. The van der Waals surface area contributed by atoms with Crippen molar-refractivity contribution in [1.82, 2.24) is 5.32 Å². The van der Waals surface area contributed by atoms with E-state index in [0.29, 0.717) is 6.61 Å². The lowest BCUT2D eigenvalue weighted by Crippen LogP contribution is -2.43. The second-order valence-electron chi connectivity index (χ2n) is 4.94. The summed E-state index contributed by atoms with van der Waals surface area (Å²) in [6.45, 7) is 4.28. The van der Waals surface area contributed by atoms with Gasteiger partial charge in [0.05, 0.1) is 12.6 Å². The Hall–Kier alpha value is -2.28. The van der Waals surface area contributed by atoms with Gasteiger partial charge in [0.1, 0.15) is 11.3 Å². The van der Waals surface area contributed by atoms with E-state index in [0.717, 1.165) is 0 Å². The number of ether oxygens (including phenoxy) is 1. The molecule has 7 nitrogen and oxygen atoms in total. The minimum atomic E-state index is -1.27. The van der Waals surface area contributed by atoms with Crippen LogP contribution in [0.5, 0.6) is 5.75 Å². The molecule has 1 unspecified atom stereocenters. The minimum absolute atomic E-state index is 0.161. The van der Waals surface area contributed by atoms with Crippen LogP contribution in [0.2, 0.25) is 0 Å². The number of carbonyl (C=O) groups excluding carboxylic acids is 1. The van der Waals surface area contributed by atoms with Crippen molar-refractivity contribution in [3.8, 4) is 5.75 Å². The predicted octanol–water partition coefficient (Wildman–Crippen LogP) is 1.88. The summed E-state index contributed by atoms with van der Waals surface area (Å²) in [6, 6.07) is 3.20. The molecule has 1 rings (SSSR count). The summed E-state index contributed by atoms with van der Waals surface area (Å²) >= 11 is 0. The van der Waals surface area contributed by atoms with Crippen molar-refractivity contribution in [2.45, 2.75) is 19.9 Å². The molecule has 0 bridgehead atoms. The molecule has 0 aromatic heterocycles. The fourth-order valence-corrected chi connectivity index (χ4v) is 1.70. The molecular weight excluding hydrogens is 276 g/mol. The number of anilines is 1. The molecule has 0 aliphatic carbocycles. The predicted molar refractivity (Wildman–Crippen MR) is 77.7 cm³/mol. The number of nitrogens with one attached hydrogen (secondary N) is 2. The highest BCUT2D eigenvalue weighted by atomic mass is 16.5. The Bertz CT molecular complexity index is 516. The maximum atomic E-state index is 11.9. The molecule has 0 spiro atoms. The zero-order valence-electron chi connectivity index (χ0n) is 12.2. The third-order valence-electron chi connectivity index (χ3n) is 2.95. The second-order valence-corrected chi connectivity index (χ2v) is 4.94. The molecule has 7 heteroatoms. The SMILES string of the molecule is COCC(NC(=O)Nc1ccc(O)c(C(=O)O)c1)C(C)C. The highest BCUT2D eigenvalue weighted by molar-refractivity contribution is 5.95. The van der Waals surface area contributed by atoms with Crippen LogP contribution >= 0.6 is 0 Å². The molecular formula is C14H20N2O5. The summed E-state index contributed by atoms with van der Waals surface area (Å²) < 4.78 is 5.03. The Morgan fingerprint density at radius 2 is 2.00 bits per heavy atom. The number of phenols is 1. The van der Waals surface area contributed by atoms with Gasteiger partial charge < -0.3 is 25.6 Å². The third kappa shape index (κ3) is 4.96. The molecule has 0 aliphatic rings. The normalized spacial score (nSPS) is 12.0. The third-order valence-corrected chi connectivity index (χ3v) is 2.95. The fraction of sp³-hybridized carbons (Fsp3) is 0.429. The molecule has 0 saturated carbocycles. The summed E-state index contributed by atoms with van der Waals surface area (Å²) in [7, 11) is 1.55. The van der Waals surface area contributed by atoms with Crippen molar-refractivity contribution >= 4 is 17.7 Å². The fourth-order valence-electron chi connectivity index (χ4n) is 1.70. The molecule has 21 heavy (non-hydrogen) atoms. The summed E-state index contributed by atoms with van der Waals surface area (Å²) in [5, 5.41) is 23.6. The number of aromatic carboxylic acids is 1. The zero-order chi connectivity index (χ0) is 16.0. The van der Waals surface area contributed by atoms with Crippen LogP contribution in [-0.2, 0) is 4.74 Å². The smallest absolute Gasteiger partial charge is 0.339 e. The summed E-state index contributed by atoms with van der Waals surface area (Å²) in [5.74, 6) is -1.44. The number of aromatic hydroxyl groups is 1. The average molecular weight is 296 g/mol. The number of amides is 2. The first-order chi connectivity index (χ1) is 9.85. The van der Waals surface area contributed by atoms with Crippen LogP contribution in [0.1, 0.15) is 24.2 Å². The Balaban J connectivity index is 2.74. The van der Waals surface area contributed by atoms with Crippen molar-refractivity contribution in [1.29, 1.82) is 0 Å². The van der Waals surface area contributed by atoms with Gasteiger partial charge in [-0.3, -0.25) is 0 Å². The molecule has 0 radical (unpaired) electrons. The van der Waals surface area contributed by atoms with Crippen LogP contribution in [0.15, 0.2) is 18.2 Å². The quantitative estimate of drug-likeness (QED) is 0.599. The number of urea groups is 1. The van der Waals surface area contributed by atoms with E-state index in [1.54, 1.807) is 7.11 Å². The van der Waals surface area contributed by atoms with Gasteiger partial charge in [-0.25, -0.2) is 9.59 Å². The lowest BCUT2D eigenvalue weighted by molar-refractivity contribution is 0.0693. The van der Waals surface area contributed by atoms with Gasteiger partial charge in [-0.2, -0.15) is 0 Å². The molecule has 0 fully saturated rings. The van der Waals surface area contributed by atoms with Crippen LogP contribution in [0, 0.1) is 5.92 Å². The van der Waals surface area contributed by atoms with Crippen LogP contribution in [0.4, 0.5) is 10.5 Å². The van der Waals surface area contributed by atoms with Gasteiger partial charge in [-0.1, -0.05) is 13.8 Å². The first-order valence-corrected chi connectivity index (χ1v) is 6.48. The van der Waals surface area contributed by atoms with Crippen molar-refractivity contribution in [3.63, 3.8) is 0 Å². The Kier molecular flexibility index (Phi) is 5.98. The van der Waals surface area contributed by atoms with E-state index in [1.165, 1.54) is 18.2 Å². The van der Waals surface area contributed by atoms with Crippen molar-refractivity contribution in [3.05, 3.63) is 23.8 Å². The molecule has 0 aliphatic heterocycles. The van der Waals surface area contributed by atoms with E-state index in [9.17, 15) is 14.7 Å². The van der Waals surface area contributed by atoms with Crippen LogP contribution < -0.4 is 10.6 Å². The average Bonchev–Trinajstić information content (AvgIpc) is 2.40.